The number of fused-ring (bicyclic) bond motifs is 1. The second kappa shape index (κ2) is 1.66. The molecule has 0 heterocycles. The zero-order chi connectivity index (χ0) is 7.35. The molecular weight excluding hydrogens is 120 g/mol. The molecule has 0 spiro atoms. The first kappa shape index (κ1) is 6.45. The number of rotatable bonds is 1. The number of hydrogen-bond donors (Lipinski definition) is 0. The molecule has 1 unspecified atom stereocenters. The third kappa shape index (κ3) is 0.574. The highest BCUT2D eigenvalue weighted by molar-refractivity contribution is 5.28. The Kier molecular flexibility index (Phi) is 1.07. The zero-order valence-electron chi connectivity index (χ0n) is 7.15. The van der Waals surface area contributed by atoms with Gasteiger partial charge < -0.3 is 0 Å². The lowest BCUT2D eigenvalue weighted by Crippen LogP contribution is -2.08. The summed E-state index contributed by atoms with van der Waals surface area (Å²) in [4.78, 5) is 0. The van der Waals surface area contributed by atoms with Crippen LogP contribution in [0.15, 0.2) is 11.6 Å². The summed E-state index contributed by atoms with van der Waals surface area (Å²) in [6.07, 6.45) is 5.28. The van der Waals surface area contributed by atoms with Gasteiger partial charge in [-0.05, 0) is 37.0 Å². The van der Waals surface area contributed by atoms with E-state index in [-0.39, 0.29) is 0 Å². The Labute approximate surface area is 63.3 Å². The molecule has 0 amide bonds. The van der Waals surface area contributed by atoms with Gasteiger partial charge in [0, 0.05) is 0 Å². The van der Waals surface area contributed by atoms with E-state index in [2.05, 4.69) is 26.8 Å². The minimum atomic E-state index is 0.740. The Balaban J connectivity index is 2.17. The molecule has 0 aliphatic heterocycles. The molecule has 2 aliphatic rings. The first-order chi connectivity index (χ1) is 4.67. The van der Waals surface area contributed by atoms with E-state index in [0.29, 0.717) is 0 Å². The molecule has 2 rings (SSSR count). The Hall–Kier alpha value is -0.260. The summed E-state index contributed by atoms with van der Waals surface area (Å²) < 4.78 is 0. The van der Waals surface area contributed by atoms with Gasteiger partial charge in [-0.2, -0.15) is 0 Å². The first-order valence-corrected chi connectivity index (χ1v) is 4.33. The van der Waals surface area contributed by atoms with E-state index in [0.717, 1.165) is 17.3 Å². The van der Waals surface area contributed by atoms with E-state index in [1.165, 1.54) is 12.8 Å². The van der Waals surface area contributed by atoms with Crippen molar-refractivity contribution in [3.05, 3.63) is 11.6 Å². The van der Waals surface area contributed by atoms with Crippen molar-refractivity contribution >= 4 is 0 Å². The third-order valence-corrected chi connectivity index (χ3v) is 3.62. The van der Waals surface area contributed by atoms with Crippen LogP contribution in [-0.2, 0) is 0 Å². The van der Waals surface area contributed by atoms with Gasteiger partial charge in [0.15, 0.2) is 0 Å². The predicted molar refractivity (Wildman–Crippen MR) is 43.8 cm³/mol. The molecule has 0 nitrogen and oxygen atoms in total. The van der Waals surface area contributed by atoms with Crippen LogP contribution in [0.3, 0.4) is 0 Å². The van der Waals surface area contributed by atoms with Crippen LogP contribution < -0.4 is 0 Å². The van der Waals surface area contributed by atoms with Crippen LogP contribution in [0.5, 0.6) is 0 Å². The molecule has 0 heteroatoms. The van der Waals surface area contributed by atoms with Crippen molar-refractivity contribution in [2.75, 3.05) is 0 Å². The topological polar surface area (TPSA) is 0 Å². The molecular formula is C10H16. The largest absolute Gasteiger partial charge is 0.0847 e. The van der Waals surface area contributed by atoms with Gasteiger partial charge in [-0.1, -0.05) is 25.5 Å². The van der Waals surface area contributed by atoms with E-state index in [1.54, 1.807) is 5.57 Å². The standard InChI is InChI=1S/C10H16/c1-7(2)10-5-4-8(3)9(10)6-10/h4,7,9H,5-6H2,1-3H3/t9?,10-/m1/s1. The van der Waals surface area contributed by atoms with Crippen molar-refractivity contribution in [2.24, 2.45) is 17.3 Å². The van der Waals surface area contributed by atoms with Crippen LogP contribution in [0.4, 0.5) is 0 Å². The molecule has 1 fully saturated rings. The lowest BCUT2D eigenvalue weighted by molar-refractivity contribution is 0.354. The van der Waals surface area contributed by atoms with Crippen molar-refractivity contribution in [1.29, 1.82) is 0 Å². The van der Waals surface area contributed by atoms with Crippen molar-refractivity contribution in [2.45, 2.75) is 33.6 Å². The first-order valence-electron chi connectivity index (χ1n) is 4.33. The van der Waals surface area contributed by atoms with Crippen LogP contribution in [0, 0.1) is 17.3 Å². The highest BCUT2D eigenvalue weighted by atomic mass is 14.6. The summed E-state index contributed by atoms with van der Waals surface area (Å²) in [7, 11) is 0. The summed E-state index contributed by atoms with van der Waals surface area (Å²) in [5, 5.41) is 0. The predicted octanol–water partition coefficient (Wildman–Crippen LogP) is 3.00. The Bertz CT molecular complexity index is 188. The van der Waals surface area contributed by atoms with Gasteiger partial charge in [0.1, 0.15) is 0 Å². The highest BCUT2D eigenvalue weighted by Crippen LogP contribution is 2.67. The third-order valence-electron chi connectivity index (χ3n) is 3.62. The molecule has 0 aromatic heterocycles. The Morgan fingerprint density at radius 3 is 2.50 bits per heavy atom. The van der Waals surface area contributed by atoms with Gasteiger partial charge in [-0.3, -0.25) is 0 Å². The molecule has 56 valence electrons. The average molecular weight is 136 g/mol. The van der Waals surface area contributed by atoms with Gasteiger partial charge in [0.25, 0.3) is 0 Å². The summed E-state index contributed by atoms with van der Waals surface area (Å²) in [5.74, 6) is 1.87. The fraction of sp³-hybridized carbons (Fsp3) is 0.800. The number of hydrogen-bond acceptors (Lipinski definition) is 0. The maximum absolute atomic E-state index is 2.44. The Morgan fingerprint density at radius 1 is 1.60 bits per heavy atom. The summed E-state index contributed by atoms with van der Waals surface area (Å²) >= 11 is 0. The smallest absolute Gasteiger partial charge is 0.0138 e. The SMILES string of the molecule is CC1=CC[C@]2(C(C)C)CC12. The number of allylic oxidation sites excluding steroid dienone is 2. The van der Waals surface area contributed by atoms with Crippen LogP contribution in [0.25, 0.3) is 0 Å². The van der Waals surface area contributed by atoms with Crippen LogP contribution >= 0.6 is 0 Å². The summed E-state index contributed by atoms with van der Waals surface area (Å²) in [6.45, 7) is 7.03. The second-order valence-electron chi connectivity index (χ2n) is 4.30. The maximum Gasteiger partial charge on any atom is -0.0138 e. The van der Waals surface area contributed by atoms with Crippen LogP contribution in [-0.4, -0.2) is 0 Å². The van der Waals surface area contributed by atoms with Crippen molar-refractivity contribution in [3.8, 4) is 0 Å². The monoisotopic (exact) mass is 136 g/mol. The molecule has 0 saturated heterocycles. The van der Waals surface area contributed by atoms with Crippen molar-refractivity contribution in [1.82, 2.24) is 0 Å². The van der Waals surface area contributed by atoms with E-state index < -0.39 is 0 Å². The second-order valence-corrected chi connectivity index (χ2v) is 4.30. The van der Waals surface area contributed by atoms with E-state index >= 15 is 0 Å². The van der Waals surface area contributed by atoms with Crippen LogP contribution in [0.1, 0.15) is 33.6 Å². The van der Waals surface area contributed by atoms with E-state index in [4.69, 9.17) is 0 Å². The lowest BCUT2D eigenvalue weighted by Gasteiger charge is -2.15. The normalized spacial score (nSPS) is 43.6. The maximum atomic E-state index is 2.44. The highest BCUT2D eigenvalue weighted by Gasteiger charge is 2.58. The fourth-order valence-corrected chi connectivity index (χ4v) is 2.53. The average Bonchev–Trinajstić information content (AvgIpc) is 2.52. The lowest BCUT2D eigenvalue weighted by atomic mass is 9.89. The van der Waals surface area contributed by atoms with Crippen molar-refractivity contribution < 1.29 is 0 Å². The molecule has 0 aromatic rings. The summed E-state index contributed by atoms with van der Waals surface area (Å²) in [6, 6.07) is 0. The van der Waals surface area contributed by atoms with Gasteiger partial charge >= 0.3 is 0 Å². The van der Waals surface area contributed by atoms with Crippen LogP contribution in [0.2, 0.25) is 0 Å². The van der Waals surface area contributed by atoms with Gasteiger partial charge in [-0.15, -0.1) is 0 Å². The molecule has 0 N–H and O–H groups in total. The molecule has 1 saturated carbocycles. The van der Waals surface area contributed by atoms with Gasteiger partial charge in [-0.25, -0.2) is 0 Å². The molecule has 0 bridgehead atoms. The fourth-order valence-electron chi connectivity index (χ4n) is 2.53. The minimum absolute atomic E-state index is 0.740. The van der Waals surface area contributed by atoms with E-state index in [1.807, 2.05) is 0 Å². The molecule has 10 heavy (non-hydrogen) atoms. The Morgan fingerprint density at radius 2 is 2.30 bits per heavy atom. The quantitative estimate of drug-likeness (QED) is 0.486. The zero-order valence-corrected chi connectivity index (χ0v) is 7.15. The summed E-state index contributed by atoms with van der Waals surface area (Å²) in [5.41, 5.74) is 2.40. The molecule has 2 atom stereocenters. The van der Waals surface area contributed by atoms with Gasteiger partial charge in [0.05, 0.1) is 0 Å². The van der Waals surface area contributed by atoms with E-state index in [9.17, 15) is 0 Å². The van der Waals surface area contributed by atoms with Crippen molar-refractivity contribution in [3.63, 3.8) is 0 Å². The molecule has 0 radical (unpaired) electrons. The minimum Gasteiger partial charge on any atom is -0.0847 e. The molecule has 0 aromatic carbocycles. The van der Waals surface area contributed by atoms with Gasteiger partial charge in [0.2, 0.25) is 0 Å². The molecule has 2 aliphatic carbocycles.